The van der Waals surface area contributed by atoms with E-state index in [-0.39, 0.29) is 23.0 Å². The molecule has 0 spiro atoms. The van der Waals surface area contributed by atoms with Crippen molar-refractivity contribution in [2.24, 2.45) is 0 Å². The monoisotopic (exact) mass is 480 g/mol. The number of alkyl halides is 2. The van der Waals surface area contributed by atoms with E-state index in [1.54, 1.807) is 41.3 Å². The largest absolute Gasteiger partial charge is 0.333 e. The van der Waals surface area contributed by atoms with Gasteiger partial charge in [-0.3, -0.25) is 4.79 Å². The molecule has 0 saturated heterocycles. The van der Waals surface area contributed by atoms with E-state index in [0.717, 1.165) is 17.4 Å². The molecule has 0 fully saturated rings. The van der Waals surface area contributed by atoms with Crippen LogP contribution in [0.15, 0.2) is 53.6 Å². The Balaban J connectivity index is 1.48. The van der Waals surface area contributed by atoms with Gasteiger partial charge in [-0.25, -0.2) is 17.8 Å². The quantitative estimate of drug-likeness (QED) is 0.579. The van der Waals surface area contributed by atoms with Gasteiger partial charge in [0.15, 0.2) is 0 Å². The van der Waals surface area contributed by atoms with E-state index >= 15 is 0 Å². The highest BCUT2D eigenvalue weighted by Crippen LogP contribution is 2.30. The van der Waals surface area contributed by atoms with E-state index in [4.69, 9.17) is 11.6 Å². The fourth-order valence-electron chi connectivity index (χ4n) is 3.65. The molecule has 4 rings (SSSR count). The second-order valence-corrected chi connectivity index (χ2v) is 9.49. The average Bonchev–Trinajstić information content (AvgIpc) is 3.36. The molecule has 3 aromatic rings. The lowest BCUT2D eigenvalue weighted by atomic mass is 10.1. The molecule has 2 heterocycles. The van der Waals surface area contributed by atoms with Gasteiger partial charge in [0.25, 0.3) is 5.91 Å². The summed E-state index contributed by atoms with van der Waals surface area (Å²) in [6.45, 7) is -1.16. The first kappa shape index (κ1) is 22.4. The van der Waals surface area contributed by atoms with Gasteiger partial charge in [-0.1, -0.05) is 23.7 Å². The van der Waals surface area contributed by atoms with E-state index in [9.17, 15) is 22.0 Å². The van der Waals surface area contributed by atoms with Crippen LogP contribution < -0.4 is 9.62 Å². The molecule has 1 aliphatic rings. The summed E-state index contributed by atoms with van der Waals surface area (Å²) < 4.78 is 53.6. The van der Waals surface area contributed by atoms with Gasteiger partial charge in [-0.2, -0.15) is 13.9 Å². The molecule has 0 aliphatic carbocycles. The highest BCUT2D eigenvalue weighted by Gasteiger charge is 2.27. The highest BCUT2D eigenvalue weighted by molar-refractivity contribution is 7.89. The van der Waals surface area contributed by atoms with Gasteiger partial charge in [-0.15, -0.1) is 0 Å². The lowest BCUT2D eigenvalue weighted by Gasteiger charge is -2.18. The molecule has 0 bridgehead atoms. The Hall–Kier alpha value is -2.82. The van der Waals surface area contributed by atoms with E-state index in [1.165, 1.54) is 6.92 Å². The number of nitrogens with zero attached hydrogens (tertiary/aromatic N) is 3. The summed E-state index contributed by atoms with van der Waals surface area (Å²) in [7, 11) is -4.02. The molecule has 0 atom stereocenters. The minimum Gasteiger partial charge on any atom is -0.308 e. The third kappa shape index (κ3) is 4.25. The molecular formula is C21H19ClF2N4O3S. The molecule has 0 radical (unpaired) electrons. The van der Waals surface area contributed by atoms with Crippen molar-refractivity contribution >= 4 is 33.2 Å². The number of hydrogen-bond donors (Lipinski definition) is 1. The fourth-order valence-corrected chi connectivity index (χ4v) is 4.96. The molecule has 32 heavy (non-hydrogen) atoms. The maximum absolute atomic E-state index is 12.9. The van der Waals surface area contributed by atoms with Crippen LogP contribution in [0.4, 0.5) is 14.5 Å². The summed E-state index contributed by atoms with van der Waals surface area (Å²) >= 11 is 5.89. The normalized spacial score (nSPS) is 13.6. The standard InChI is InChI=1S/C21H19ClF2N4O3S/c1-13-19(12-25-28(13)21(23)24)32(30,31)26-11-14-2-7-18-16(10-14)8-9-27(18)20(29)15-3-5-17(22)6-4-15/h2-7,10,12,21,26H,8-9,11H2,1H3. The van der Waals surface area contributed by atoms with Crippen LogP contribution in [0.2, 0.25) is 5.02 Å². The second-order valence-electron chi connectivity index (χ2n) is 7.32. The van der Waals surface area contributed by atoms with Crippen LogP contribution in [0.3, 0.4) is 0 Å². The van der Waals surface area contributed by atoms with Crippen molar-refractivity contribution in [3.05, 3.63) is 76.1 Å². The molecule has 1 N–H and O–H groups in total. The Kier molecular flexibility index (Phi) is 6.02. The van der Waals surface area contributed by atoms with Gasteiger partial charge in [0, 0.05) is 29.4 Å². The third-order valence-corrected chi connectivity index (χ3v) is 7.07. The number of benzene rings is 2. The van der Waals surface area contributed by atoms with Crippen LogP contribution in [0.25, 0.3) is 0 Å². The van der Waals surface area contributed by atoms with Gasteiger partial charge in [0.1, 0.15) is 4.90 Å². The van der Waals surface area contributed by atoms with Gasteiger partial charge in [0.05, 0.1) is 11.9 Å². The van der Waals surface area contributed by atoms with Crippen molar-refractivity contribution in [3.8, 4) is 0 Å². The Morgan fingerprint density at radius 2 is 1.94 bits per heavy atom. The molecule has 2 aromatic carbocycles. The van der Waals surface area contributed by atoms with E-state index in [0.29, 0.717) is 33.8 Å². The first-order valence-electron chi connectivity index (χ1n) is 9.68. The molecule has 1 aromatic heterocycles. The number of anilines is 1. The number of carbonyl (C=O) groups is 1. The number of fused-ring (bicyclic) bond motifs is 1. The second kappa shape index (κ2) is 8.61. The summed E-state index contributed by atoms with van der Waals surface area (Å²) in [6.07, 6.45) is 1.54. The topological polar surface area (TPSA) is 84.3 Å². The first-order valence-corrected chi connectivity index (χ1v) is 11.5. The lowest BCUT2D eigenvalue weighted by Crippen LogP contribution is -2.28. The van der Waals surface area contributed by atoms with E-state index in [1.807, 2.05) is 6.07 Å². The molecule has 0 unspecified atom stereocenters. The van der Waals surface area contributed by atoms with Crippen molar-refractivity contribution < 1.29 is 22.0 Å². The fraction of sp³-hybridized carbons (Fsp3) is 0.238. The molecule has 11 heteroatoms. The number of carbonyl (C=O) groups excluding carboxylic acids is 1. The van der Waals surface area contributed by atoms with Crippen molar-refractivity contribution in [3.63, 3.8) is 0 Å². The van der Waals surface area contributed by atoms with Crippen molar-refractivity contribution in [2.75, 3.05) is 11.4 Å². The van der Waals surface area contributed by atoms with Crippen molar-refractivity contribution in [1.29, 1.82) is 0 Å². The molecule has 168 valence electrons. The van der Waals surface area contributed by atoms with Crippen LogP contribution in [0.1, 0.15) is 33.7 Å². The van der Waals surface area contributed by atoms with Crippen LogP contribution >= 0.6 is 11.6 Å². The Bertz CT molecular complexity index is 1280. The number of hydrogen-bond acceptors (Lipinski definition) is 4. The van der Waals surface area contributed by atoms with Crippen LogP contribution in [-0.4, -0.2) is 30.7 Å². The molecule has 1 aliphatic heterocycles. The van der Waals surface area contributed by atoms with E-state index < -0.39 is 16.6 Å². The summed E-state index contributed by atoms with van der Waals surface area (Å²) in [5, 5.41) is 3.99. The highest BCUT2D eigenvalue weighted by atomic mass is 35.5. The minimum atomic E-state index is -4.02. The van der Waals surface area contributed by atoms with Crippen molar-refractivity contribution in [2.45, 2.75) is 31.3 Å². The zero-order valence-corrected chi connectivity index (χ0v) is 18.5. The zero-order chi connectivity index (χ0) is 23.0. The SMILES string of the molecule is Cc1c(S(=O)(=O)NCc2ccc3c(c2)CCN3C(=O)c2ccc(Cl)cc2)cnn1C(F)F. The Morgan fingerprint density at radius 1 is 1.22 bits per heavy atom. The number of sulfonamides is 1. The van der Waals surface area contributed by atoms with Gasteiger partial charge < -0.3 is 4.90 Å². The predicted molar refractivity (Wildman–Crippen MR) is 116 cm³/mol. The summed E-state index contributed by atoms with van der Waals surface area (Å²) in [6, 6.07) is 12.0. The first-order chi connectivity index (χ1) is 15.2. The number of nitrogens with one attached hydrogen (secondary N) is 1. The summed E-state index contributed by atoms with van der Waals surface area (Å²) in [5.41, 5.74) is 2.76. The predicted octanol–water partition coefficient (Wildman–Crippen LogP) is 3.92. The van der Waals surface area contributed by atoms with Gasteiger partial charge in [-0.05, 0) is 54.8 Å². The lowest BCUT2D eigenvalue weighted by molar-refractivity contribution is 0.0541. The minimum absolute atomic E-state index is 0.0277. The van der Waals surface area contributed by atoms with Gasteiger partial charge >= 0.3 is 6.55 Å². The summed E-state index contributed by atoms with van der Waals surface area (Å²) in [4.78, 5) is 14.2. The van der Waals surface area contributed by atoms with Crippen LogP contribution in [-0.2, 0) is 23.0 Å². The van der Waals surface area contributed by atoms with Crippen LogP contribution in [0, 0.1) is 6.92 Å². The third-order valence-electron chi connectivity index (χ3n) is 5.32. The maximum Gasteiger partial charge on any atom is 0.333 e. The smallest absolute Gasteiger partial charge is 0.308 e. The number of halogens is 3. The van der Waals surface area contributed by atoms with Crippen molar-refractivity contribution in [1.82, 2.24) is 14.5 Å². The van der Waals surface area contributed by atoms with Gasteiger partial charge in [0.2, 0.25) is 10.0 Å². The molecular weight excluding hydrogens is 462 g/mol. The molecule has 7 nitrogen and oxygen atoms in total. The Labute approximate surface area is 188 Å². The average molecular weight is 481 g/mol. The number of rotatable bonds is 6. The Morgan fingerprint density at radius 3 is 2.59 bits per heavy atom. The number of amides is 1. The zero-order valence-electron chi connectivity index (χ0n) is 16.9. The molecule has 0 saturated carbocycles. The number of aromatic nitrogens is 2. The maximum atomic E-state index is 12.9. The molecule has 1 amide bonds. The summed E-state index contributed by atoms with van der Waals surface area (Å²) in [5.74, 6) is -0.139. The van der Waals surface area contributed by atoms with E-state index in [2.05, 4.69) is 9.82 Å². The van der Waals surface area contributed by atoms with Crippen LogP contribution in [0.5, 0.6) is 0 Å².